The van der Waals surface area contributed by atoms with Gasteiger partial charge >= 0.3 is 11.7 Å². The van der Waals surface area contributed by atoms with Gasteiger partial charge in [-0.25, -0.2) is 4.79 Å². The summed E-state index contributed by atoms with van der Waals surface area (Å²) in [5, 5.41) is 0. The second-order valence-electron chi connectivity index (χ2n) is 5.98. The zero-order valence-corrected chi connectivity index (χ0v) is 14.1. The van der Waals surface area contributed by atoms with E-state index in [0.29, 0.717) is 18.0 Å². The highest BCUT2D eigenvalue weighted by molar-refractivity contribution is 5.88. The molecule has 1 aromatic carbocycles. The largest absolute Gasteiger partial charge is 0.418 e. The summed E-state index contributed by atoms with van der Waals surface area (Å²) in [6, 6.07) is 23.6. The fraction of sp³-hybridized carbons (Fsp3) is 0.0455. The summed E-state index contributed by atoms with van der Waals surface area (Å²) in [6.45, 7) is 0.576. The van der Waals surface area contributed by atoms with E-state index in [-0.39, 0.29) is 0 Å². The van der Waals surface area contributed by atoms with Crippen LogP contribution in [0.25, 0.3) is 11.1 Å². The summed E-state index contributed by atoms with van der Waals surface area (Å²) in [5.41, 5.74) is 3.57. The van der Waals surface area contributed by atoms with Crippen molar-refractivity contribution in [2.45, 2.75) is 6.54 Å². The lowest BCUT2D eigenvalue weighted by molar-refractivity contribution is -0.691. The van der Waals surface area contributed by atoms with Crippen LogP contribution in [0.2, 0.25) is 0 Å². The third kappa shape index (κ3) is 3.44. The molecular weight excluding hydrogens is 324 g/mol. The summed E-state index contributed by atoms with van der Waals surface area (Å²) in [5.74, 6) is 0.111. The lowest BCUT2D eigenvalue weighted by Gasteiger charge is -2.03. The molecule has 1 heterocycles. The van der Waals surface area contributed by atoms with Crippen LogP contribution in [0.3, 0.4) is 0 Å². The third-order valence-corrected chi connectivity index (χ3v) is 4.16. The van der Waals surface area contributed by atoms with Gasteiger partial charge in [-0.05, 0) is 23.3 Å². The highest BCUT2D eigenvalue weighted by Gasteiger charge is 2.22. The first kappa shape index (κ1) is 16.0. The van der Waals surface area contributed by atoms with E-state index >= 15 is 0 Å². The number of esters is 1. The molecular formula is C22H17N2O2+. The Kier molecular flexibility index (Phi) is 4.39. The maximum absolute atomic E-state index is 12.7. The second kappa shape index (κ2) is 7.15. The fourth-order valence-electron chi connectivity index (χ4n) is 2.88. The molecule has 0 fully saturated rings. The van der Waals surface area contributed by atoms with Gasteiger partial charge in [0.15, 0.2) is 12.7 Å². The number of fused-ring (bicyclic) bond motifs is 1. The summed E-state index contributed by atoms with van der Waals surface area (Å²) in [7, 11) is 0. The number of carbonyl (C=O) groups is 1. The molecule has 0 unspecified atom stereocenters. The Morgan fingerprint density at radius 3 is 2.27 bits per heavy atom. The van der Waals surface area contributed by atoms with Crippen molar-refractivity contribution in [2.75, 3.05) is 0 Å². The summed E-state index contributed by atoms with van der Waals surface area (Å²) >= 11 is 0. The van der Waals surface area contributed by atoms with Crippen molar-refractivity contribution in [3.05, 3.63) is 103 Å². The molecule has 1 aromatic heterocycles. The van der Waals surface area contributed by atoms with Crippen LogP contribution < -0.4 is 9.30 Å². The fourth-order valence-corrected chi connectivity index (χ4v) is 2.88. The van der Waals surface area contributed by atoms with Crippen molar-refractivity contribution in [1.29, 1.82) is 0 Å². The Morgan fingerprint density at radius 1 is 0.923 bits per heavy atom. The molecule has 26 heavy (non-hydrogen) atoms. The maximum atomic E-state index is 12.7. The molecule has 2 aliphatic rings. The van der Waals surface area contributed by atoms with Crippen LogP contribution in [-0.2, 0) is 6.54 Å². The molecule has 0 bridgehead atoms. The van der Waals surface area contributed by atoms with Crippen LogP contribution in [0, 0.1) is 0 Å². The lowest BCUT2D eigenvalue weighted by atomic mass is 10.2. The van der Waals surface area contributed by atoms with Gasteiger partial charge in [0.25, 0.3) is 0 Å². The van der Waals surface area contributed by atoms with Gasteiger partial charge in [-0.3, -0.25) is 4.98 Å². The third-order valence-electron chi connectivity index (χ3n) is 4.16. The molecule has 126 valence electrons. The van der Waals surface area contributed by atoms with Crippen LogP contribution in [-0.4, -0.2) is 11.0 Å². The standard InChI is InChI=1S/C22H17N2O2/c25-22(26-20-13-18-9-5-2-6-10-19(18)14-20)21-15-23-11-12-24(21)16-17-7-3-1-4-8-17/h1-15H,16H2/q+1. The Morgan fingerprint density at radius 2 is 1.58 bits per heavy atom. The van der Waals surface area contributed by atoms with Crippen molar-refractivity contribution >= 4 is 5.97 Å². The van der Waals surface area contributed by atoms with Crippen molar-refractivity contribution in [3.8, 4) is 16.9 Å². The zero-order chi connectivity index (χ0) is 17.8. The number of hydrogen-bond donors (Lipinski definition) is 0. The number of ether oxygens (including phenoxy) is 1. The van der Waals surface area contributed by atoms with Crippen LogP contribution in [0.15, 0.2) is 91.4 Å². The van der Waals surface area contributed by atoms with E-state index in [4.69, 9.17) is 4.74 Å². The SMILES string of the molecule is O=C(Oc1cc2cccccc-2c1)c1cncc[n+]1Cc1ccccc1. The van der Waals surface area contributed by atoms with Crippen molar-refractivity contribution < 1.29 is 14.1 Å². The number of carbonyl (C=O) groups excluding carboxylic acids is 1. The molecule has 0 spiro atoms. The molecule has 2 aliphatic carbocycles. The first-order chi connectivity index (χ1) is 12.8. The number of benzene rings is 1. The quantitative estimate of drug-likeness (QED) is 0.419. The van der Waals surface area contributed by atoms with Gasteiger partial charge in [0, 0.05) is 5.56 Å². The first-order valence-corrected chi connectivity index (χ1v) is 8.38. The minimum Gasteiger partial charge on any atom is -0.418 e. The predicted octanol–water partition coefficient (Wildman–Crippen LogP) is 3.74. The van der Waals surface area contributed by atoms with Crippen LogP contribution in [0.1, 0.15) is 16.1 Å². The average Bonchev–Trinajstić information content (AvgIpc) is 2.91. The molecule has 0 amide bonds. The van der Waals surface area contributed by atoms with Crippen LogP contribution in [0.4, 0.5) is 0 Å². The van der Waals surface area contributed by atoms with E-state index in [1.807, 2.05) is 77.4 Å². The van der Waals surface area contributed by atoms with Gasteiger partial charge in [-0.1, -0.05) is 60.7 Å². The number of aromatic nitrogens is 2. The van der Waals surface area contributed by atoms with E-state index < -0.39 is 5.97 Å². The Balaban J connectivity index is 1.59. The minimum atomic E-state index is -0.422. The van der Waals surface area contributed by atoms with Crippen LogP contribution >= 0.6 is 0 Å². The normalized spacial score (nSPS) is 10.6. The smallest absolute Gasteiger partial charge is 0.410 e. The summed E-state index contributed by atoms with van der Waals surface area (Å²) in [4.78, 5) is 16.8. The first-order valence-electron chi connectivity index (χ1n) is 8.38. The van der Waals surface area contributed by atoms with E-state index in [2.05, 4.69) is 4.98 Å². The van der Waals surface area contributed by atoms with E-state index in [9.17, 15) is 4.79 Å². The Labute approximate surface area is 151 Å². The molecule has 4 nitrogen and oxygen atoms in total. The lowest BCUT2D eigenvalue weighted by Crippen LogP contribution is -2.42. The van der Waals surface area contributed by atoms with Gasteiger partial charge in [0.2, 0.25) is 0 Å². The van der Waals surface area contributed by atoms with Gasteiger partial charge in [0.05, 0.1) is 6.20 Å². The zero-order valence-electron chi connectivity index (χ0n) is 14.1. The van der Waals surface area contributed by atoms with Gasteiger partial charge in [-0.15, -0.1) is 0 Å². The predicted molar refractivity (Wildman–Crippen MR) is 98.0 cm³/mol. The highest BCUT2D eigenvalue weighted by Crippen LogP contribution is 2.29. The van der Waals surface area contributed by atoms with Gasteiger partial charge < -0.3 is 4.74 Å². The van der Waals surface area contributed by atoms with E-state index in [1.54, 1.807) is 12.4 Å². The topological polar surface area (TPSA) is 43.1 Å². The average molecular weight is 341 g/mol. The number of nitrogens with zero attached hydrogens (tertiary/aromatic N) is 2. The van der Waals surface area contributed by atoms with Crippen molar-refractivity contribution in [2.24, 2.45) is 0 Å². The Bertz CT molecular complexity index is 984. The highest BCUT2D eigenvalue weighted by atomic mass is 16.5. The molecule has 0 aliphatic heterocycles. The molecule has 0 N–H and O–H groups in total. The minimum absolute atomic E-state index is 0.409. The van der Waals surface area contributed by atoms with E-state index in [0.717, 1.165) is 16.7 Å². The molecule has 4 rings (SSSR count). The molecule has 2 aromatic rings. The molecule has 4 heteroatoms. The maximum Gasteiger partial charge on any atom is 0.410 e. The number of rotatable bonds is 4. The molecule has 0 atom stereocenters. The molecule has 0 saturated heterocycles. The van der Waals surface area contributed by atoms with E-state index in [1.165, 1.54) is 6.20 Å². The van der Waals surface area contributed by atoms with Gasteiger partial charge in [0.1, 0.15) is 11.9 Å². The molecule has 0 radical (unpaired) electrons. The van der Waals surface area contributed by atoms with Crippen LogP contribution in [0.5, 0.6) is 5.75 Å². The summed E-state index contributed by atoms with van der Waals surface area (Å²) in [6.07, 6.45) is 4.98. The second-order valence-corrected chi connectivity index (χ2v) is 5.98. The van der Waals surface area contributed by atoms with Crippen molar-refractivity contribution in [1.82, 2.24) is 4.98 Å². The summed E-state index contributed by atoms with van der Waals surface area (Å²) < 4.78 is 7.44. The molecule has 0 saturated carbocycles. The van der Waals surface area contributed by atoms with Crippen molar-refractivity contribution in [3.63, 3.8) is 0 Å². The van der Waals surface area contributed by atoms with Gasteiger partial charge in [-0.2, -0.15) is 4.57 Å². The monoisotopic (exact) mass is 341 g/mol. The number of hydrogen-bond acceptors (Lipinski definition) is 3. The Hall–Kier alpha value is -3.53.